The minimum absolute atomic E-state index is 0.0406. The number of aliphatic hydroxyl groups is 1. The van der Waals surface area contributed by atoms with Crippen LogP contribution in [0.1, 0.15) is 137 Å². The number of carbonyl (C=O) groups is 3. The van der Waals surface area contributed by atoms with Crippen LogP contribution in [-0.2, 0) is 66.4 Å². The fourth-order valence-electron chi connectivity index (χ4n) is 12.3. The third-order valence-electron chi connectivity index (χ3n) is 17.1. The number of thioether (sulfide) groups is 1. The number of carbonyl (C=O) groups excluding carboxylic acids is 3. The Bertz CT molecular complexity index is 1910. The molecule has 5 aliphatic rings. The molecule has 0 radical (unpaired) electrons. The second kappa shape index (κ2) is 47.3. The molecule has 3 aliphatic carbocycles. The van der Waals surface area contributed by atoms with Crippen molar-refractivity contribution in [1.82, 2.24) is 21.3 Å². The molecule has 0 aromatic carbocycles. The van der Waals surface area contributed by atoms with Crippen LogP contribution in [0.5, 0.6) is 0 Å². The predicted octanol–water partition coefficient (Wildman–Crippen LogP) is 7.97. The Balaban J connectivity index is 0.000000449. The van der Waals surface area contributed by atoms with Gasteiger partial charge < -0.3 is 83.2 Å². The van der Waals surface area contributed by atoms with E-state index < -0.39 is 5.60 Å². The number of hydrogen-bond acceptors (Lipinski definition) is 18. The van der Waals surface area contributed by atoms with E-state index in [4.69, 9.17) is 56.8 Å². The first kappa shape index (κ1) is 76.9. The summed E-state index contributed by atoms with van der Waals surface area (Å²) in [5, 5.41) is 22.8. The Morgan fingerprint density at radius 2 is 1.20 bits per heavy atom. The second-order valence-electron chi connectivity index (χ2n) is 24.6. The van der Waals surface area contributed by atoms with Crippen molar-refractivity contribution in [1.29, 1.82) is 0 Å². The average Bonchev–Trinajstić information content (AvgIpc) is 1.80. The van der Waals surface area contributed by atoms with Crippen LogP contribution in [0.25, 0.3) is 0 Å². The zero-order valence-electron chi connectivity index (χ0n) is 54.6. The number of fused-ring (bicyclic) bond motifs is 2. The number of amides is 3. The van der Waals surface area contributed by atoms with Gasteiger partial charge in [0.2, 0.25) is 5.91 Å². The summed E-state index contributed by atoms with van der Waals surface area (Å²) in [5.74, 6) is 3.48. The number of ketones is 1. The van der Waals surface area contributed by atoms with Crippen LogP contribution in [0.3, 0.4) is 0 Å². The van der Waals surface area contributed by atoms with Crippen LogP contribution < -0.4 is 21.3 Å². The van der Waals surface area contributed by atoms with E-state index in [1.54, 1.807) is 12.5 Å². The maximum absolute atomic E-state index is 12.0. The molecule has 3 amide bonds. The summed E-state index contributed by atoms with van der Waals surface area (Å²) in [5.41, 5.74) is 4.47. The minimum atomic E-state index is -0.522. The van der Waals surface area contributed by atoms with Gasteiger partial charge in [0.15, 0.2) is 0 Å². The largest absolute Gasteiger partial charge is 0.390 e. The van der Waals surface area contributed by atoms with Crippen molar-refractivity contribution in [3.05, 3.63) is 35.5 Å². The molecule has 0 aromatic rings. The first-order valence-electron chi connectivity index (χ1n) is 33.0. The van der Waals surface area contributed by atoms with Gasteiger partial charge in [-0.15, -0.1) is 0 Å². The molecule has 2 unspecified atom stereocenters. The maximum atomic E-state index is 12.0. The zero-order chi connectivity index (χ0) is 62.6. The number of unbranched alkanes of at least 4 members (excludes halogenated alkanes) is 1. The Morgan fingerprint density at radius 1 is 0.690 bits per heavy atom. The molecule has 0 aromatic heterocycles. The SMILES string of the molecule is C=C1CC[C@@H](NC)C/C1=C/C=C1\CCC[C@@]2(C)C1CC[C@@H]2C(C)CCCC(C)(C)O.CC(=O)CCOCCOCCOCCOCCOCCOCCOCCOCCOCCOCCOCCOCCNC(=O)CCCC[C@@H]1SC[C@@H]2NC(=O)N[C@@H]21. The summed E-state index contributed by atoms with van der Waals surface area (Å²) in [4.78, 5) is 34.3. The number of rotatable bonds is 51. The number of nitrogens with one attached hydrogen (secondary N) is 4. The zero-order valence-corrected chi connectivity index (χ0v) is 55.4. The minimum Gasteiger partial charge on any atom is -0.390 e. The monoisotopic (exact) mass is 1250 g/mol. The summed E-state index contributed by atoms with van der Waals surface area (Å²) in [6, 6.07) is 1.01. The average molecular weight is 1260 g/mol. The van der Waals surface area contributed by atoms with Crippen LogP contribution in [-0.4, -0.2) is 230 Å². The third kappa shape index (κ3) is 34.6. The quantitative estimate of drug-likeness (QED) is 0.0287. The van der Waals surface area contributed by atoms with Gasteiger partial charge in [-0.05, 0) is 127 Å². The van der Waals surface area contributed by atoms with Crippen LogP contribution in [0.4, 0.5) is 4.79 Å². The van der Waals surface area contributed by atoms with Crippen molar-refractivity contribution in [2.24, 2.45) is 23.2 Å². The van der Waals surface area contributed by atoms with E-state index in [2.05, 4.69) is 60.9 Å². The molecule has 5 N–H and O–H groups in total. The van der Waals surface area contributed by atoms with Crippen molar-refractivity contribution in [3.63, 3.8) is 0 Å². The summed E-state index contributed by atoms with van der Waals surface area (Å²) >= 11 is 1.90. The summed E-state index contributed by atoms with van der Waals surface area (Å²) in [6.45, 7) is 26.8. The number of ether oxygens (including phenoxy) is 12. The van der Waals surface area contributed by atoms with Gasteiger partial charge in [-0.2, -0.15) is 11.8 Å². The van der Waals surface area contributed by atoms with Gasteiger partial charge in [0.1, 0.15) is 5.78 Å². The van der Waals surface area contributed by atoms with Crippen molar-refractivity contribution in [2.75, 3.05) is 178 Å². The van der Waals surface area contributed by atoms with Gasteiger partial charge in [0, 0.05) is 36.4 Å². The molecule has 2 aliphatic heterocycles. The first-order chi connectivity index (χ1) is 42.2. The number of Topliss-reactive ketones (excluding diaryl/α,β-unsaturated/α-hetero) is 1. The van der Waals surface area contributed by atoms with Crippen molar-refractivity contribution < 1.29 is 76.3 Å². The van der Waals surface area contributed by atoms with E-state index in [1.807, 2.05) is 25.6 Å². The van der Waals surface area contributed by atoms with E-state index in [-0.39, 0.29) is 29.8 Å². The van der Waals surface area contributed by atoms with Crippen molar-refractivity contribution in [2.45, 2.75) is 166 Å². The lowest BCUT2D eigenvalue weighted by Gasteiger charge is -2.44. The molecule has 8 atom stereocenters. The molecule has 0 spiro atoms. The normalized spacial score (nSPS) is 24.0. The van der Waals surface area contributed by atoms with Gasteiger partial charge in [0.25, 0.3) is 0 Å². The molecule has 5 rings (SSSR count). The summed E-state index contributed by atoms with van der Waals surface area (Å²) < 4.78 is 65.5. The number of hydrogen-bond donors (Lipinski definition) is 5. The van der Waals surface area contributed by atoms with Crippen LogP contribution in [0, 0.1) is 23.2 Å². The van der Waals surface area contributed by atoms with Gasteiger partial charge in [-0.3, -0.25) is 9.59 Å². The van der Waals surface area contributed by atoms with Gasteiger partial charge in [-0.25, -0.2) is 4.79 Å². The van der Waals surface area contributed by atoms with Gasteiger partial charge in [-0.1, -0.05) is 63.0 Å². The Hall–Kier alpha value is -2.58. The fraction of sp³-hybridized carbons (Fsp3) is 0.864. The van der Waals surface area contributed by atoms with E-state index in [0.29, 0.717) is 195 Å². The second-order valence-corrected chi connectivity index (χ2v) is 25.8. The highest BCUT2D eigenvalue weighted by Gasteiger charge is 2.50. The fourth-order valence-corrected chi connectivity index (χ4v) is 13.8. The lowest BCUT2D eigenvalue weighted by atomic mass is 9.60. The number of allylic oxidation sites excluding steroid dienone is 4. The van der Waals surface area contributed by atoms with Gasteiger partial charge in [0.05, 0.1) is 176 Å². The van der Waals surface area contributed by atoms with Crippen LogP contribution in [0.15, 0.2) is 35.5 Å². The first-order valence-corrected chi connectivity index (χ1v) is 34.1. The van der Waals surface area contributed by atoms with Crippen molar-refractivity contribution >= 4 is 29.5 Å². The standard InChI is InChI=1S/C38H71N3O15S.C28H47NO/c1-33(42)6-8-45-10-12-47-14-16-49-18-20-51-22-24-53-26-28-55-30-31-56-29-27-54-25-23-52-21-19-50-17-15-48-13-11-46-9-7-39-36(43)5-3-2-4-35-37-34(32-57-35)40-38(44)41-37;1-20-11-14-24(29-6)19-23(20)13-12-22-10-8-18-28(5)25(15-16-26(22)28)21(2)9-7-17-27(3,4)30/h34-35,37H,2-32H2,1H3,(H,39,43)(H2,40,41,44);12-13,21,24-26,29-30H,1,7-11,14-19H2,2-6H3/b;22-12+,23-13-/t34-,35-,37-;21?,24-,25-,26?,28-/m01/s1. The Labute approximate surface area is 527 Å². The highest BCUT2D eigenvalue weighted by Crippen LogP contribution is 2.60. The predicted molar refractivity (Wildman–Crippen MR) is 342 cm³/mol. The van der Waals surface area contributed by atoms with E-state index in [9.17, 15) is 19.5 Å². The smallest absolute Gasteiger partial charge is 0.315 e. The van der Waals surface area contributed by atoms with E-state index in [1.165, 1.54) is 56.1 Å². The molecular weight excluding hydrogens is 1140 g/mol. The highest BCUT2D eigenvalue weighted by molar-refractivity contribution is 8.00. The molecule has 2 saturated heterocycles. The Morgan fingerprint density at radius 3 is 1.69 bits per heavy atom. The molecule has 21 heteroatoms. The summed E-state index contributed by atoms with van der Waals surface area (Å²) in [6.07, 6.45) is 22.2. The number of urea groups is 1. The molecule has 87 heavy (non-hydrogen) atoms. The molecule has 504 valence electrons. The lowest BCUT2D eigenvalue weighted by Crippen LogP contribution is -2.36. The van der Waals surface area contributed by atoms with Gasteiger partial charge >= 0.3 is 6.03 Å². The van der Waals surface area contributed by atoms with E-state index in [0.717, 1.165) is 68.5 Å². The third-order valence-corrected chi connectivity index (χ3v) is 18.6. The highest BCUT2D eigenvalue weighted by atomic mass is 32.2. The summed E-state index contributed by atoms with van der Waals surface area (Å²) in [7, 11) is 2.09. The topological polar surface area (TPSA) is 230 Å². The maximum Gasteiger partial charge on any atom is 0.315 e. The van der Waals surface area contributed by atoms with Crippen molar-refractivity contribution in [3.8, 4) is 0 Å². The Kier molecular flexibility index (Phi) is 41.8. The lowest BCUT2D eigenvalue weighted by molar-refractivity contribution is -0.121. The van der Waals surface area contributed by atoms with Crippen LogP contribution >= 0.6 is 11.8 Å². The van der Waals surface area contributed by atoms with E-state index >= 15 is 0 Å². The van der Waals surface area contributed by atoms with Crippen LogP contribution in [0.2, 0.25) is 0 Å². The molecule has 2 heterocycles. The molecule has 0 bridgehead atoms. The molecular formula is C66H118N4O16S. The molecule has 3 saturated carbocycles. The molecule has 20 nitrogen and oxygen atoms in total. The molecule has 5 fully saturated rings.